The van der Waals surface area contributed by atoms with Crippen LogP contribution in [0.2, 0.25) is 0 Å². The highest BCUT2D eigenvalue weighted by Gasteiger charge is 2.34. The van der Waals surface area contributed by atoms with E-state index >= 15 is 0 Å². The SMILES string of the molecule is Nc1ccnn1C1CC2CCC(C1)N2. The van der Waals surface area contributed by atoms with Crippen LogP contribution in [0.1, 0.15) is 31.7 Å². The summed E-state index contributed by atoms with van der Waals surface area (Å²) in [4.78, 5) is 0. The van der Waals surface area contributed by atoms with Gasteiger partial charge in [0.25, 0.3) is 0 Å². The Morgan fingerprint density at radius 1 is 1.36 bits per heavy atom. The summed E-state index contributed by atoms with van der Waals surface area (Å²) in [5.74, 6) is 0.802. The van der Waals surface area contributed by atoms with Crippen LogP contribution in [0, 0.1) is 0 Å². The van der Waals surface area contributed by atoms with Crippen molar-refractivity contribution in [3.8, 4) is 0 Å². The summed E-state index contributed by atoms with van der Waals surface area (Å²) in [7, 11) is 0. The van der Waals surface area contributed by atoms with Gasteiger partial charge < -0.3 is 11.1 Å². The molecule has 0 spiro atoms. The molecule has 76 valence electrons. The van der Waals surface area contributed by atoms with Crippen molar-refractivity contribution in [1.82, 2.24) is 15.1 Å². The summed E-state index contributed by atoms with van der Waals surface area (Å²) in [5.41, 5.74) is 5.86. The number of nitrogens with zero attached hydrogens (tertiary/aromatic N) is 2. The minimum absolute atomic E-state index is 0.517. The Morgan fingerprint density at radius 3 is 2.64 bits per heavy atom. The van der Waals surface area contributed by atoms with Crippen molar-refractivity contribution in [3.05, 3.63) is 12.3 Å². The molecule has 3 rings (SSSR count). The Kier molecular flexibility index (Phi) is 1.77. The van der Waals surface area contributed by atoms with Gasteiger partial charge in [-0.15, -0.1) is 0 Å². The van der Waals surface area contributed by atoms with Crippen LogP contribution in [0.4, 0.5) is 5.82 Å². The Bertz CT molecular complexity index is 321. The van der Waals surface area contributed by atoms with Gasteiger partial charge in [-0.2, -0.15) is 5.10 Å². The van der Waals surface area contributed by atoms with E-state index in [9.17, 15) is 0 Å². The zero-order valence-corrected chi connectivity index (χ0v) is 8.19. The van der Waals surface area contributed by atoms with Crippen LogP contribution in [-0.4, -0.2) is 21.9 Å². The number of hydrogen-bond acceptors (Lipinski definition) is 3. The van der Waals surface area contributed by atoms with Crippen LogP contribution < -0.4 is 11.1 Å². The predicted octanol–water partition coefficient (Wildman–Crippen LogP) is 0.921. The molecule has 3 heterocycles. The normalized spacial score (nSPS) is 36.1. The molecule has 0 aromatic carbocycles. The van der Waals surface area contributed by atoms with Crippen LogP contribution in [0.3, 0.4) is 0 Å². The Labute approximate surface area is 83.5 Å². The van der Waals surface area contributed by atoms with Crippen molar-refractivity contribution < 1.29 is 0 Å². The molecule has 2 aliphatic heterocycles. The number of rotatable bonds is 1. The molecule has 2 saturated heterocycles. The molecule has 0 saturated carbocycles. The molecule has 3 N–H and O–H groups in total. The van der Waals surface area contributed by atoms with E-state index in [-0.39, 0.29) is 0 Å². The highest BCUT2D eigenvalue weighted by molar-refractivity contribution is 5.27. The van der Waals surface area contributed by atoms with Gasteiger partial charge in [-0.05, 0) is 31.7 Å². The molecule has 0 amide bonds. The molecule has 14 heavy (non-hydrogen) atoms. The highest BCUT2D eigenvalue weighted by atomic mass is 15.3. The first-order chi connectivity index (χ1) is 6.83. The minimum Gasteiger partial charge on any atom is -0.384 e. The molecule has 2 fully saturated rings. The fraction of sp³-hybridized carbons (Fsp3) is 0.700. The maximum absolute atomic E-state index is 5.86. The van der Waals surface area contributed by atoms with Crippen molar-refractivity contribution in [1.29, 1.82) is 0 Å². The predicted molar refractivity (Wildman–Crippen MR) is 54.9 cm³/mol. The first-order valence-corrected chi connectivity index (χ1v) is 5.38. The maximum atomic E-state index is 5.86. The van der Waals surface area contributed by atoms with E-state index in [1.54, 1.807) is 6.20 Å². The molecular formula is C10H16N4. The van der Waals surface area contributed by atoms with Gasteiger partial charge in [0.1, 0.15) is 5.82 Å². The Balaban J connectivity index is 1.84. The molecule has 4 nitrogen and oxygen atoms in total. The number of piperidine rings is 1. The van der Waals surface area contributed by atoms with Crippen molar-refractivity contribution in [2.45, 2.75) is 43.8 Å². The molecular weight excluding hydrogens is 176 g/mol. The number of nitrogen functional groups attached to an aromatic ring is 1. The number of nitrogens with two attached hydrogens (primary N) is 1. The summed E-state index contributed by atoms with van der Waals surface area (Å²) >= 11 is 0. The van der Waals surface area contributed by atoms with E-state index in [0.29, 0.717) is 18.1 Å². The number of fused-ring (bicyclic) bond motifs is 2. The molecule has 4 heteroatoms. The topological polar surface area (TPSA) is 55.9 Å². The number of hydrogen-bond donors (Lipinski definition) is 2. The third-order valence-corrected chi connectivity index (χ3v) is 3.49. The molecule has 1 aromatic heterocycles. The van der Waals surface area contributed by atoms with Crippen molar-refractivity contribution in [3.63, 3.8) is 0 Å². The van der Waals surface area contributed by atoms with Gasteiger partial charge in [0.2, 0.25) is 0 Å². The number of aromatic nitrogens is 2. The highest BCUT2D eigenvalue weighted by Crippen LogP contribution is 2.34. The molecule has 1 aromatic rings. The monoisotopic (exact) mass is 192 g/mol. The van der Waals surface area contributed by atoms with E-state index in [1.807, 2.05) is 10.7 Å². The standard InChI is InChI=1S/C10H16N4/c11-10-3-4-12-14(10)9-5-7-1-2-8(6-9)13-7/h3-4,7-9,13H,1-2,5-6,11H2. The summed E-state index contributed by atoms with van der Waals surface area (Å²) in [6.07, 6.45) is 6.80. The summed E-state index contributed by atoms with van der Waals surface area (Å²) in [6.45, 7) is 0. The quantitative estimate of drug-likeness (QED) is 0.695. The lowest BCUT2D eigenvalue weighted by atomic mass is 10.00. The minimum atomic E-state index is 0.517. The van der Waals surface area contributed by atoms with E-state index in [2.05, 4.69) is 10.4 Å². The summed E-state index contributed by atoms with van der Waals surface area (Å²) < 4.78 is 1.99. The summed E-state index contributed by atoms with van der Waals surface area (Å²) in [6, 6.07) is 3.79. The molecule has 2 bridgehead atoms. The molecule has 2 aliphatic rings. The summed E-state index contributed by atoms with van der Waals surface area (Å²) in [5, 5.41) is 7.92. The third-order valence-electron chi connectivity index (χ3n) is 3.49. The second-order valence-corrected chi connectivity index (χ2v) is 4.46. The lowest BCUT2D eigenvalue weighted by Crippen LogP contribution is -2.39. The van der Waals surface area contributed by atoms with Crippen LogP contribution in [-0.2, 0) is 0 Å². The molecule has 2 unspecified atom stereocenters. The van der Waals surface area contributed by atoms with Gasteiger partial charge in [0, 0.05) is 12.1 Å². The first-order valence-electron chi connectivity index (χ1n) is 5.38. The second kappa shape index (κ2) is 2.98. The van der Waals surface area contributed by atoms with E-state index in [0.717, 1.165) is 5.82 Å². The Morgan fingerprint density at radius 2 is 2.07 bits per heavy atom. The second-order valence-electron chi connectivity index (χ2n) is 4.46. The number of anilines is 1. The lowest BCUT2D eigenvalue weighted by Gasteiger charge is -2.29. The largest absolute Gasteiger partial charge is 0.384 e. The third kappa shape index (κ3) is 1.21. The van der Waals surface area contributed by atoms with Gasteiger partial charge in [-0.25, -0.2) is 4.68 Å². The van der Waals surface area contributed by atoms with Crippen molar-refractivity contribution in [2.75, 3.05) is 5.73 Å². The van der Waals surface area contributed by atoms with Gasteiger partial charge in [-0.1, -0.05) is 0 Å². The fourth-order valence-electron chi connectivity index (χ4n) is 2.86. The van der Waals surface area contributed by atoms with Gasteiger partial charge in [0.15, 0.2) is 0 Å². The first kappa shape index (κ1) is 8.29. The smallest absolute Gasteiger partial charge is 0.121 e. The zero-order valence-electron chi connectivity index (χ0n) is 8.19. The molecule has 2 atom stereocenters. The average Bonchev–Trinajstić information content (AvgIpc) is 2.73. The number of nitrogens with one attached hydrogen (secondary N) is 1. The average molecular weight is 192 g/mol. The van der Waals surface area contributed by atoms with E-state index in [4.69, 9.17) is 5.73 Å². The molecule has 0 aliphatic carbocycles. The Hall–Kier alpha value is -1.03. The van der Waals surface area contributed by atoms with Gasteiger partial charge in [-0.3, -0.25) is 0 Å². The van der Waals surface area contributed by atoms with Crippen LogP contribution >= 0.6 is 0 Å². The van der Waals surface area contributed by atoms with Gasteiger partial charge in [0.05, 0.1) is 12.2 Å². The van der Waals surface area contributed by atoms with E-state index < -0.39 is 0 Å². The van der Waals surface area contributed by atoms with E-state index in [1.165, 1.54) is 25.7 Å². The van der Waals surface area contributed by atoms with Crippen molar-refractivity contribution >= 4 is 5.82 Å². The van der Waals surface area contributed by atoms with Crippen LogP contribution in [0.5, 0.6) is 0 Å². The molecule has 0 radical (unpaired) electrons. The van der Waals surface area contributed by atoms with Gasteiger partial charge >= 0.3 is 0 Å². The fourth-order valence-corrected chi connectivity index (χ4v) is 2.86. The van der Waals surface area contributed by atoms with Crippen LogP contribution in [0.15, 0.2) is 12.3 Å². The van der Waals surface area contributed by atoms with Crippen molar-refractivity contribution in [2.24, 2.45) is 0 Å². The lowest BCUT2D eigenvalue weighted by molar-refractivity contribution is 0.284. The maximum Gasteiger partial charge on any atom is 0.121 e. The van der Waals surface area contributed by atoms with Crippen LogP contribution in [0.25, 0.3) is 0 Å². The zero-order chi connectivity index (χ0) is 9.54.